The molecule has 0 aromatic heterocycles. The number of β-amino-alcohol motifs (C(OH)–C–C–N with tert-alkyl or cyclic N) is 1. The molecule has 1 saturated heterocycles. The van der Waals surface area contributed by atoms with Gasteiger partial charge in [-0.3, -0.25) is 0 Å². The molecule has 1 fully saturated rings. The number of aliphatic hydroxyl groups is 1. The standard InChI is InChI=1S/C10H15N3O3S/c11-10-8(13-5-4-7(14)6-13)2-1-3-9(10)17(12,15)16/h1-3,7,14H,4-6,11H2,(H2,12,15,16). The van der Waals surface area contributed by atoms with Crippen molar-refractivity contribution in [1.29, 1.82) is 0 Å². The second-order valence-corrected chi connectivity index (χ2v) is 5.65. The van der Waals surface area contributed by atoms with E-state index in [-0.39, 0.29) is 10.6 Å². The maximum absolute atomic E-state index is 11.3. The fourth-order valence-corrected chi connectivity index (χ4v) is 2.70. The first kappa shape index (κ1) is 12.2. The van der Waals surface area contributed by atoms with Crippen LogP contribution in [0.2, 0.25) is 0 Å². The van der Waals surface area contributed by atoms with Gasteiger partial charge in [0, 0.05) is 13.1 Å². The van der Waals surface area contributed by atoms with Gasteiger partial charge in [0.05, 0.1) is 17.5 Å². The maximum atomic E-state index is 11.3. The van der Waals surface area contributed by atoms with Crippen LogP contribution in [-0.2, 0) is 10.0 Å². The summed E-state index contributed by atoms with van der Waals surface area (Å²) in [5.74, 6) is 0. The normalized spacial score (nSPS) is 20.8. The molecular formula is C10H15N3O3S. The van der Waals surface area contributed by atoms with Crippen molar-refractivity contribution < 1.29 is 13.5 Å². The Labute approximate surface area is 99.9 Å². The largest absolute Gasteiger partial charge is 0.396 e. The summed E-state index contributed by atoms with van der Waals surface area (Å²) in [6.07, 6.45) is 0.256. The Morgan fingerprint density at radius 2 is 2.12 bits per heavy atom. The van der Waals surface area contributed by atoms with Crippen LogP contribution >= 0.6 is 0 Å². The van der Waals surface area contributed by atoms with Crippen LogP contribution in [0.1, 0.15) is 6.42 Å². The third kappa shape index (κ3) is 2.36. The van der Waals surface area contributed by atoms with E-state index in [1.54, 1.807) is 12.1 Å². The summed E-state index contributed by atoms with van der Waals surface area (Å²) in [6.45, 7) is 1.11. The molecule has 0 aliphatic carbocycles. The number of para-hydroxylation sites is 1. The predicted octanol–water partition coefficient (Wildman–Crippen LogP) is -0.513. The quantitative estimate of drug-likeness (QED) is 0.618. The minimum absolute atomic E-state index is 0.0728. The van der Waals surface area contributed by atoms with Crippen LogP contribution in [0.3, 0.4) is 0 Å². The van der Waals surface area contributed by atoms with Crippen molar-refractivity contribution in [3.8, 4) is 0 Å². The number of anilines is 2. The first-order chi connectivity index (χ1) is 7.89. The van der Waals surface area contributed by atoms with E-state index in [0.717, 1.165) is 0 Å². The molecule has 7 heteroatoms. The van der Waals surface area contributed by atoms with Gasteiger partial charge in [0.2, 0.25) is 10.0 Å². The van der Waals surface area contributed by atoms with Gasteiger partial charge in [-0.2, -0.15) is 0 Å². The van der Waals surface area contributed by atoms with Gasteiger partial charge >= 0.3 is 0 Å². The van der Waals surface area contributed by atoms with Gasteiger partial charge in [-0.15, -0.1) is 0 Å². The number of nitrogen functional groups attached to an aromatic ring is 1. The topological polar surface area (TPSA) is 110 Å². The van der Waals surface area contributed by atoms with Crippen LogP contribution < -0.4 is 15.8 Å². The van der Waals surface area contributed by atoms with E-state index < -0.39 is 16.1 Å². The van der Waals surface area contributed by atoms with Crippen molar-refractivity contribution in [3.05, 3.63) is 18.2 Å². The van der Waals surface area contributed by atoms with Gasteiger partial charge in [0.25, 0.3) is 0 Å². The molecule has 0 bridgehead atoms. The van der Waals surface area contributed by atoms with Crippen LogP contribution in [0.25, 0.3) is 0 Å². The van der Waals surface area contributed by atoms with Crippen LogP contribution in [-0.4, -0.2) is 32.7 Å². The minimum atomic E-state index is -3.81. The summed E-state index contributed by atoms with van der Waals surface area (Å²) in [4.78, 5) is 1.78. The first-order valence-electron chi connectivity index (χ1n) is 5.24. The van der Waals surface area contributed by atoms with Crippen molar-refractivity contribution in [2.24, 2.45) is 5.14 Å². The number of hydrogen-bond acceptors (Lipinski definition) is 5. The fraction of sp³-hybridized carbons (Fsp3) is 0.400. The summed E-state index contributed by atoms with van der Waals surface area (Å²) < 4.78 is 22.6. The van der Waals surface area contributed by atoms with Gasteiger partial charge in [0.15, 0.2) is 0 Å². The van der Waals surface area contributed by atoms with Crippen LogP contribution in [0.5, 0.6) is 0 Å². The number of sulfonamides is 1. The molecule has 0 spiro atoms. The van der Waals surface area contributed by atoms with Gasteiger partial charge in [0.1, 0.15) is 4.90 Å². The van der Waals surface area contributed by atoms with E-state index >= 15 is 0 Å². The average Bonchev–Trinajstić information content (AvgIpc) is 2.63. The number of aliphatic hydroxyl groups excluding tert-OH is 1. The number of hydrogen-bond donors (Lipinski definition) is 3. The van der Waals surface area contributed by atoms with Crippen LogP contribution in [0, 0.1) is 0 Å². The summed E-state index contributed by atoms with van der Waals surface area (Å²) in [5, 5.41) is 14.5. The SMILES string of the molecule is Nc1c(N2CCC(O)C2)cccc1S(N)(=O)=O. The van der Waals surface area contributed by atoms with Gasteiger partial charge in [-0.05, 0) is 18.6 Å². The second-order valence-electron chi connectivity index (χ2n) is 4.12. The lowest BCUT2D eigenvalue weighted by Crippen LogP contribution is -2.23. The molecule has 6 nitrogen and oxygen atoms in total. The zero-order chi connectivity index (χ0) is 12.6. The first-order valence-corrected chi connectivity index (χ1v) is 6.78. The molecule has 1 atom stereocenters. The molecule has 1 aromatic rings. The molecule has 0 saturated carbocycles. The molecule has 17 heavy (non-hydrogen) atoms. The smallest absolute Gasteiger partial charge is 0.240 e. The Bertz CT molecular complexity index is 530. The van der Waals surface area contributed by atoms with E-state index in [1.165, 1.54) is 6.07 Å². The van der Waals surface area contributed by atoms with Gasteiger partial charge < -0.3 is 15.7 Å². The van der Waals surface area contributed by atoms with Crippen molar-refractivity contribution >= 4 is 21.4 Å². The van der Waals surface area contributed by atoms with E-state index in [4.69, 9.17) is 10.9 Å². The monoisotopic (exact) mass is 257 g/mol. The minimum Gasteiger partial charge on any atom is -0.396 e. The Balaban J connectivity index is 2.43. The molecule has 1 heterocycles. The lowest BCUT2D eigenvalue weighted by molar-refractivity contribution is 0.198. The van der Waals surface area contributed by atoms with Crippen LogP contribution in [0.15, 0.2) is 23.1 Å². The highest BCUT2D eigenvalue weighted by Gasteiger charge is 2.24. The molecule has 1 aromatic carbocycles. The van der Waals surface area contributed by atoms with Gasteiger partial charge in [-0.1, -0.05) is 6.07 Å². The second kappa shape index (κ2) is 4.17. The number of benzene rings is 1. The lowest BCUT2D eigenvalue weighted by Gasteiger charge is -2.20. The van der Waals surface area contributed by atoms with Crippen LogP contribution in [0.4, 0.5) is 11.4 Å². The lowest BCUT2D eigenvalue weighted by atomic mass is 10.2. The third-order valence-corrected chi connectivity index (χ3v) is 3.82. The predicted molar refractivity (Wildman–Crippen MR) is 65.1 cm³/mol. The summed E-state index contributed by atoms with van der Waals surface area (Å²) >= 11 is 0. The fourth-order valence-electron chi connectivity index (χ4n) is 2.02. The Kier molecular flexibility index (Phi) is 2.98. The molecule has 2 rings (SSSR count). The summed E-state index contributed by atoms with van der Waals surface area (Å²) in [5.41, 5.74) is 6.56. The zero-order valence-corrected chi connectivity index (χ0v) is 10.0. The highest BCUT2D eigenvalue weighted by molar-refractivity contribution is 7.89. The van der Waals surface area contributed by atoms with E-state index in [9.17, 15) is 13.5 Å². The molecular weight excluding hydrogens is 242 g/mol. The molecule has 1 aliphatic heterocycles. The number of rotatable bonds is 2. The van der Waals surface area contributed by atoms with Crippen molar-refractivity contribution in [2.45, 2.75) is 17.4 Å². The third-order valence-electron chi connectivity index (χ3n) is 2.85. The molecule has 1 unspecified atom stereocenters. The Morgan fingerprint density at radius 3 is 2.65 bits per heavy atom. The molecule has 0 radical (unpaired) electrons. The Morgan fingerprint density at radius 1 is 1.41 bits per heavy atom. The van der Waals surface area contributed by atoms with Crippen molar-refractivity contribution in [1.82, 2.24) is 0 Å². The van der Waals surface area contributed by atoms with Gasteiger partial charge in [-0.25, -0.2) is 13.6 Å². The van der Waals surface area contributed by atoms with E-state index in [2.05, 4.69) is 0 Å². The number of nitrogens with two attached hydrogens (primary N) is 2. The summed E-state index contributed by atoms with van der Waals surface area (Å²) in [7, 11) is -3.81. The van der Waals surface area contributed by atoms with Crippen molar-refractivity contribution in [3.63, 3.8) is 0 Å². The number of primary sulfonamides is 1. The Hall–Kier alpha value is -1.31. The van der Waals surface area contributed by atoms with E-state index in [1.807, 2.05) is 4.90 Å². The highest BCUT2D eigenvalue weighted by atomic mass is 32.2. The molecule has 0 amide bonds. The molecule has 5 N–H and O–H groups in total. The molecule has 1 aliphatic rings. The summed E-state index contributed by atoms with van der Waals surface area (Å²) in [6, 6.07) is 4.69. The maximum Gasteiger partial charge on any atom is 0.240 e. The molecule has 94 valence electrons. The zero-order valence-electron chi connectivity index (χ0n) is 9.20. The average molecular weight is 257 g/mol. The highest BCUT2D eigenvalue weighted by Crippen LogP contribution is 2.31. The van der Waals surface area contributed by atoms with E-state index in [0.29, 0.717) is 25.2 Å². The number of nitrogens with zero attached hydrogens (tertiary/aromatic N) is 1. The van der Waals surface area contributed by atoms with Crippen molar-refractivity contribution in [2.75, 3.05) is 23.7 Å².